The Kier molecular flexibility index (Phi) is 4.80. The number of rotatable bonds is 6. The molecule has 0 unspecified atom stereocenters. The highest BCUT2D eigenvalue weighted by molar-refractivity contribution is 7.90. The van der Waals surface area contributed by atoms with Gasteiger partial charge in [-0.3, -0.25) is 4.79 Å². The normalized spacial score (nSPS) is 13.0. The minimum Gasteiger partial charge on any atom is -0.354 e. The lowest BCUT2D eigenvalue weighted by molar-refractivity contribution is 0.0958. The van der Waals surface area contributed by atoms with E-state index in [9.17, 15) is 13.2 Å². The van der Waals surface area contributed by atoms with Gasteiger partial charge in [-0.15, -0.1) is 10.2 Å². The molecular formula is C18H20N8O3S. The maximum Gasteiger partial charge on any atom is 0.273 e. The van der Waals surface area contributed by atoms with Crippen molar-refractivity contribution < 1.29 is 17.3 Å². The Morgan fingerprint density at radius 3 is 2.60 bits per heavy atom. The molecule has 3 heterocycles. The summed E-state index contributed by atoms with van der Waals surface area (Å²) in [6, 6.07) is 5.81. The average Bonchev–Trinajstić information content (AvgIpc) is 2.65. The van der Waals surface area contributed by atoms with E-state index in [4.69, 9.17) is 4.11 Å². The summed E-state index contributed by atoms with van der Waals surface area (Å²) in [7, 11) is -3.67. The van der Waals surface area contributed by atoms with E-state index in [1.54, 1.807) is 19.9 Å². The van der Waals surface area contributed by atoms with Gasteiger partial charge in [0.2, 0.25) is 0 Å². The number of carbonyl (C=O) groups is 1. The molecule has 0 aliphatic heterocycles. The van der Waals surface area contributed by atoms with E-state index in [1.165, 1.54) is 24.4 Å². The molecule has 3 rings (SSSR count). The molecule has 3 aromatic heterocycles. The number of amides is 1. The Balaban J connectivity index is 2.06. The molecule has 0 aliphatic carbocycles. The van der Waals surface area contributed by atoms with Crippen molar-refractivity contribution >= 4 is 38.9 Å². The van der Waals surface area contributed by atoms with Gasteiger partial charge in [-0.1, -0.05) is 0 Å². The van der Waals surface area contributed by atoms with Gasteiger partial charge in [0.05, 0.1) is 5.69 Å². The average molecular weight is 431 g/mol. The second kappa shape index (κ2) is 8.37. The first kappa shape index (κ1) is 17.2. The van der Waals surface area contributed by atoms with E-state index in [0.29, 0.717) is 17.3 Å². The van der Waals surface area contributed by atoms with Gasteiger partial charge in [-0.25, -0.2) is 23.4 Å². The molecule has 0 spiro atoms. The molecule has 0 radical (unpaired) electrons. The topological polar surface area (TPSA) is 152 Å². The van der Waals surface area contributed by atoms with Crippen molar-refractivity contribution in [3.8, 4) is 0 Å². The lowest BCUT2D eigenvalue weighted by atomic mass is 10.3. The highest BCUT2D eigenvalue weighted by Crippen LogP contribution is 2.26. The number of sulfone groups is 1. The van der Waals surface area contributed by atoms with E-state index >= 15 is 0 Å². The summed E-state index contributed by atoms with van der Waals surface area (Å²) in [5.41, 5.74) is 0.299. The molecule has 3 N–H and O–H groups in total. The second-order valence-electron chi connectivity index (χ2n) is 6.26. The molecule has 3 aromatic rings. The highest BCUT2D eigenvalue weighted by Gasteiger charge is 2.19. The number of anilines is 4. The van der Waals surface area contributed by atoms with E-state index in [-0.39, 0.29) is 27.9 Å². The standard InChI is InChI=1S/C18H20N8O3S/c1-10-8-14(22-11(2)21-10)24-15-9-12(16(26-25-15)18(27)19-3)23-17-13(30(4,28)29)6-5-7-20-17/h5-9H,1-4H3,(H,19,27)(H2,20,21,22,23,24,25)/i3D3. The number of hydrogen-bond acceptors (Lipinski definition) is 10. The van der Waals surface area contributed by atoms with Crippen LogP contribution in [0.4, 0.5) is 23.1 Å². The van der Waals surface area contributed by atoms with Crippen LogP contribution in [0.5, 0.6) is 0 Å². The molecule has 156 valence electrons. The van der Waals surface area contributed by atoms with Crippen molar-refractivity contribution in [2.45, 2.75) is 18.7 Å². The van der Waals surface area contributed by atoms with Crippen LogP contribution in [0, 0.1) is 13.8 Å². The molecule has 0 saturated heterocycles. The van der Waals surface area contributed by atoms with Gasteiger partial charge in [-0.2, -0.15) is 0 Å². The number of aromatic nitrogens is 5. The number of nitrogens with one attached hydrogen (secondary N) is 3. The van der Waals surface area contributed by atoms with Crippen LogP contribution < -0.4 is 16.0 Å². The van der Waals surface area contributed by atoms with Gasteiger partial charge in [0.25, 0.3) is 5.91 Å². The number of carbonyl (C=O) groups excluding carboxylic acids is 1. The van der Waals surface area contributed by atoms with Crippen LogP contribution in [0.25, 0.3) is 0 Å². The zero-order chi connectivity index (χ0) is 24.4. The minimum atomic E-state index is -3.67. The lowest BCUT2D eigenvalue weighted by Gasteiger charge is -2.13. The van der Waals surface area contributed by atoms with Gasteiger partial charge >= 0.3 is 0 Å². The van der Waals surface area contributed by atoms with Crippen molar-refractivity contribution in [2.24, 2.45) is 0 Å². The van der Waals surface area contributed by atoms with Gasteiger partial charge in [0.15, 0.2) is 21.3 Å². The Hall–Kier alpha value is -3.67. The summed E-state index contributed by atoms with van der Waals surface area (Å²) in [5.74, 6) is -0.0339. The zero-order valence-electron chi connectivity index (χ0n) is 19.3. The van der Waals surface area contributed by atoms with Crippen LogP contribution >= 0.6 is 0 Å². The smallest absolute Gasteiger partial charge is 0.273 e. The van der Waals surface area contributed by atoms with Crippen molar-refractivity contribution in [1.29, 1.82) is 0 Å². The summed E-state index contributed by atoms with van der Waals surface area (Å²) in [5, 5.41) is 15.3. The molecule has 1 amide bonds. The quantitative estimate of drug-likeness (QED) is 0.524. The largest absolute Gasteiger partial charge is 0.354 e. The SMILES string of the molecule is [2H]C([2H])([2H])NC(=O)c1nnc(Nc2cc(C)nc(C)n2)cc1Nc1ncccc1S(C)(=O)=O. The first-order chi connectivity index (χ1) is 15.3. The Morgan fingerprint density at radius 2 is 1.90 bits per heavy atom. The van der Waals surface area contributed by atoms with Crippen molar-refractivity contribution in [3.63, 3.8) is 0 Å². The molecule has 0 saturated carbocycles. The molecule has 11 nitrogen and oxygen atoms in total. The summed E-state index contributed by atoms with van der Waals surface area (Å²) in [6.45, 7) is 0.729. The van der Waals surface area contributed by atoms with Crippen LogP contribution in [0.1, 0.15) is 26.1 Å². The summed E-state index contributed by atoms with van der Waals surface area (Å²) >= 11 is 0. The van der Waals surface area contributed by atoms with E-state index in [0.717, 1.165) is 6.26 Å². The molecule has 0 fully saturated rings. The Labute approximate surface area is 177 Å². The van der Waals surface area contributed by atoms with E-state index < -0.39 is 22.7 Å². The van der Waals surface area contributed by atoms with Crippen molar-refractivity contribution in [2.75, 3.05) is 23.9 Å². The lowest BCUT2D eigenvalue weighted by Crippen LogP contribution is -2.22. The molecule has 30 heavy (non-hydrogen) atoms. The van der Waals surface area contributed by atoms with Crippen molar-refractivity contribution in [3.05, 3.63) is 47.7 Å². The maximum absolute atomic E-state index is 12.5. The van der Waals surface area contributed by atoms with Crippen LogP contribution in [0.2, 0.25) is 0 Å². The fourth-order valence-electron chi connectivity index (χ4n) is 2.60. The summed E-state index contributed by atoms with van der Waals surface area (Å²) in [6.07, 6.45) is 2.37. The monoisotopic (exact) mass is 431 g/mol. The maximum atomic E-state index is 12.5. The number of hydrogen-bond donors (Lipinski definition) is 3. The van der Waals surface area contributed by atoms with Crippen LogP contribution in [-0.4, -0.2) is 52.7 Å². The fraction of sp³-hybridized carbons (Fsp3) is 0.222. The third-order valence-electron chi connectivity index (χ3n) is 3.77. The second-order valence-corrected chi connectivity index (χ2v) is 8.24. The van der Waals surface area contributed by atoms with Gasteiger partial charge < -0.3 is 16.0 Å². The number of nitrogens with zero attached hydrogens (tertiary/aromatic N) is 5. The fourth-order valence-corrected chi connectivity index (χ4v) is 3.38. The van der Waals surface area contributed by atoms with Crippen LogP contribution in [-0.2, 0) is 9.84 Å². The van der Waals surface area contributed by atoms with E-state index in [1.807, 2.05) is 5.32 Å². The minimum absolute atomic E-state index is 0.0275. The third-order valence-corrected chi connectivity index (χ3v) is 4.90. The number of aryl methyl sites for hydroxylation is 2. The summed E-state index contributed by atoms with van der Waals surface area (Å²) < 4.78 is 46.1. The van der Waals surface area contributed by atoms with Gasteiger partial charge in [-0.05, 0) is 26.0 Å². The van der Waals surface area contributed by atoms with Gasteiger partial charge in [0.1, 0.15) is 22.4 Å². The zero-order valence-corrected chi connectivity index (χ0v) is 17.1. The predicted octanol–water partition coefficient (Wildman–Crippen LogP) is 1.53. The third kappa shape index (κ3) is 4.84. The molecule has 0 aliphatic rings. The van der Waals surface area contributed by atoms with E-state index in [2.05, 4.69) is 35.8 Å². The molecular weight excluding hydrogens is 408 g/mol. The van der Waals surface area contributed by atoms with Crippen LogP contribution in [0.15, 0.2) is 35.4 Å². The first-order valence-corrected chi connectivity index (χ1v) is 10.4. The molecule has 0 atom stereocenters. The molecule has 0 bridgehead atoms. The van der Waals surface area contributed by atoms with Gasteiger partial charge in [0, 0.05) is 41.4 Å². The predicted molar refractivity (Wildman–Crippen MR) is 111 cm³/mol. The Morgan fingerprint density at radius 1 is 1.10 bits per heavy atom. The Bertz CT molecular complexity index is 1300. The molecule has 12 heteroatoms. The summed E-state index contributed by atoms with van der Waals surface area (Å²) in [4.78, 5) is 24.8. The number of pyridine rings is 1. The van der Waals surface area contributed by atoms with Crippen molar-refractivity contribution in [1.82, 2.24) is 30.5 Å². The van der Waals surface area contributed by atoms with Crippen LogP contribution in [0.3, 0.4) is 0 Å². The molecule has 0 aromatic carbocycles. The highest BCUT2D eigenvalue weighted by atomic mass is 32.2. The first-order valence-electron chi connectivity index (χ1n) is 10.0.